The lowest BCUT2D eigenvalue weighted by Gasteiger charge is -2.25. The lowest BCUT2D eigenvalue weighted by Crippen LogP contribution is -2.34. The Bertz CT molecular complexity index is 839. The van der Waals surface area contributed by atoms with Gasteiger partial charge in [0.15, 0.2) is 0 Å². The van der Waals surface area contributed by atoms with E-state index < -0.39 is 11.7 Å². The molecule has 4 nitrogen and oxygen atoms in total. The van der Waals surface area contributed by atoms with Gasteiger partial charge in [0.25, 0.3) is 5.91 Å². The number of benzene rings is 2. The molecule has 2 aromatic rings. The lowest BCUT2D eigenvalue weighted by molar-refractivity contribution is -0.132. The molecule has 27 heavy (non-hydrogen) atoms. The molecule has 6 heteroatoms. The fourth-order valence-electron chi connectivity index (χ4n) is 3.40. The Morgan fingerprint density at radius 2 is 1.96 bits per heavy atom. The van der Waals surface area contributed by atoms with Crippen LogP contribution in [0.5, 0.6) is 0 Å². The third kappa shape index (κ3) is 4.66. The van der Waals surface area contributed by atoms with Crippen LogP contribution in [-0.4, -0.2) is 29.8 Å². The molecule has 0 radical (unpaired) electrons. The highest BCUT2D eigenvalue weighted by molar-refractivity contribution is 6.33. The van der Waals surface area contributed by atoms with E-state index >= 15 is 0 Å². The number of rotatable bonds is 5. The number of hydrogen-bond acceptors (Lipinski definition) is 2. The van der Waals surface area contributed by atoms with Gasteiger partial charge in [0.2, 0.25) is 5.91 Å². The highest BCUT2D eigenvalue weighted by atomic mass is 35.5. The molecule has 1 aliphatic heterocycles. The van der Waals surface area contributed by atoms with Crippen LogP contribution in [-0.2, 0) is 4.79 Å². The summed E-state index contributed by atoms with van der Waals surface area (Å²) >= 11 is 5.89. The summed E-state index contributed by atoms with van der Waals surface area (Å²) in [5.41, 5.74) is 2.54. The minimum Gasteiger partial charge on any atom is -0.351 e. The van der Waals surface area contributed by atoms with Crippen LogP contribution in [0.15, 0.2) is 42.5 Å². The number of carbonyl (C=O) groups excluding carboxylic acids is 2. The van der Waals surface area contributed by atoms with E-state index in [9.17, 15) is 14.0 Å². The number of carbonyl (C=O) groups is 2. The van der Waals surface area contributed by atoms with Crippen molar-refractivity contribution in [2.24, 2.45) is 0 Å². The fourth-order valence-corrected chi connectivity index (χ4v) is 3.65. The second kappa shape index (κ2) is 8.53. The molecule has 2 amide bonds. The van der Waals surface area contributed by atoms with Crippen LogP contribution in [0.3, 0.4) is 0 Å². The van der Waals surface area contributed by atoms with Gasteiger partial charge < -0.3 is 10.2 Å². The van der Waals surface area contributed by atoms with Crippen molar-refractivity contribution in [1.82, 2.24) is 10.2 Å². The maximum absolute atomic E-state index is 13.1. The molecule has 0 aliphatic carbocycles. The molecule has 0 spiro atoms. The molecule has 142 valence electrons. The topological polar surface area (TPSA) is 49.4 Å². The first-order valence-electron chi connectivity index (χ1n) is 9.05. The van der Waals surface area contributed by atoms with Crippen LogP contribution < -0.4 is 5.32 Å². The zero-order valence-electron chi connectivity index (χ0n) is 15.2. The number of nitrogens with zero attached hydrogens (tertiary/aromatic N) is 1. The highest BCUT2D eigenvalue weighted by Gasteiger charge is 2.29. The van der Waals surface area contributed by atoms with Gasteiger partial charge in [-0.25, -0.2) is 4.39 Å². The minimum absolute atomic E-state index is 0.0172. The van der Waals surface area contributed by atoms with Crippen molar-refractivity contribution in [1.29, 1.82) is 0 Å². The molecular weight excluding hydrogens is 367 g/mol. The van der Waals surface area contributed by atoms with Gasteiger partial charge in [-0.15, -0.1) is 0 Å². The second-order valence-electron chi connectivity index (χ2n) is 6.79. The third-order valence-corrected chi connectivity index (χ3v) is 5.15. The molecular formula is C21H22ClFN2O2. The summed E-state index contributed by atoms with van der Waals surface area (Å²) < 4.78 is 13.1. The second-order valence-corrected chi connectivity index (χ2v) is 7.19. The average molecular weight is 389 g/mol. The Kier molecular flexibility index (Phi) is 6.11. The van der Waals surface area contributed by atoms with Crippen LogP contribution >= 0.6 is 11.6 Å². The summed E-state index contributed by atoms with van der Waals surface area (Å²) in [5.74, 6) is -0.893. The number of aryl methyl sites for hydroxylation is 1. The smallest absolute Gasteiger partial charge is 0.252 e. The van der Waals surface area contributed by atoms with E-state index in [1.165, 1.54) is 17.7 Å². The molecule has 1 fully saturated rings. The van der Waals surface area contributed by atoms with Crippen LogP contribution in [0.4, 0.5) is 4.39 Å². The van der Waals surface area contributed by atoms with Crippen molar-refractivity contribution >= 4 is 23.4 Å². The van der Waals surface area contributed by atoms with Crippen molar-refractivity contribution in [3.63, 3.8) is 0 Å². The van der Waals surface area contributed by atoms with Gasteiger partial charge in [0.05, 0.1) is 16.6 Å². The maximum atomic E-state index is 13.1. The quantitative estimate of drug-likeness (QED) is 0.831. The standard InChI is InChI=1S/C21H22ClFN2O2/c1-14-4-6-15(7-5-14)19-3-2-12-25(19)20(26)10-11-24-21(27)17-9-8-16(23)13-18(17)22/h4-9,13,19H,2-3,10-12H2,1H3,(H,24,27). The first-order valence-corrected chi connectivity index (χ1v) is 9.43. The van der Waals surface area contributed by atoms with E-state index in [-0.39, 0.29) is 35.5 Å². The van der Waals surface area contributed by atoms with Gasteiger partial charge in [-0.1, -0.05) is 41.4 Å². The predicted molar refractivity (Wildman–Crippen MR) is 103 cm³/mol. The van der Waals surface area contributed by atoms with Crippen LogP contribution in [0, 0.1) is 12.7 Å². The van der Waals surface area contributed by atoms with E-state index in [1.54, 1.807) is 0 Å². The number of hydrogen-bond donors (Lipinski definition) is 1. The summed E-state index contributed by atoms with van der Waals surface area (Å²) in [6.07, 6.45) is 2.14. The SMILES string of the molecule is Cc1ccc(C2CCCN2C(=O)CCNC(=O)c2ccc(F)cc2Cl)cc1. The largest absolute Gasteiger partial charge is 0.351 e. The van der Waals surface area contributed by atoms with E-state index in [2.05, 4.69) is 29.6 Å². The Morgan fingerprint density at radius 3 is 2.67 bits per heavy atom. The Labute approximate surface area is 163 Å². The van der Waals surface area contributed by atoms with Crippen LogP contribution in [0.1, 0.15) is 46.8 Å². The molecule has 1 unspecified atom stereocenters. The van der Waals surface area contributed by atoms with E-state index in [1.807, 2.05) is 11.8 Å². The first-order chi connectivity index (χ1) is 13.0. The van der Waals surface area contributed by atoms with E-state index in [0.717, 1.165) is 31.0 Å². The number of nitrogens with one attached hydrogen (secondary N) is 1. The minimum atomic E-state index is -0.497. The zero-order chi connectivity index (χ0) is 19.4. The highest BCUT2D eigenvalue weighted by Crippen LogP contribution is 2.32. The van der Waals surface area contributed by atoms with E-state index in [0.29, 0.717) is 0 Å². The first kappa shape index (κ1) is 19.4. The molecule has 1 aliphatic rings. The molecule has 1 saturated heterocycles. The van der Waals surface area contributed by atoms with E-state index in [4.69, 9.17) is 11.6 Å². The number of halogens is 2. The summed E-state index contributed by atoms with van der Waals surface area (Å²) in [6.45, 7) is 2.98. The normalized spacial score (nSPS) is 16.4. The van der Waals surface area contributed by atoms with Crippen molar-refractivity contribution < 1.29 is 14.0 Å². The number of amides is 2. The van der Waals surface area contributed by atoms with Gasteiger partial charge in [0, 0.05) is 19.5 Å². The Hall–Kier alpha value is -2.40. The monoisotopic (exact) mass is 388 g/mol. The Morgan fingerprint density at radius 1 is 1.22 bits per heavy atom. The van der Waals surface area contributed by atoms with Gasteiger partial charge in [0.1, 0.15) is 5.82 Å². The van der Waals surface area contributed by atoms with Crippen molar-refractivity contribution in [3.8, 4) is 0 Å². The van der Waals surface area contributed by atoms with Crippen LogP contribution in [0.25, 0.3) is 0 Å². The molecule has 2 aromatic carbocycles. The third-order valence-electron chi connectivity index (χ3n) is 4.84. The molecule has 0 saturated carbocycles. The fraction of sp³-hybridized carbons (Fsp3) is 0.333. The lowest BCUT2D eigenvalue weighted by atomic mass is 10.0. The molecule has 0 bridgehead atoms. The summed E-state index contributed by atoms with van der Waals surface area (Å²) in [5, 5.41) is 2.74. The molecule has 1 N–H and O–H groups in total. The molecule has 3 rings (SSSR count). The maximum Gasteiger partial charge on any atom is 0.252 e. The summed E-state index contributed by atoms with van der Waals surface area (Å²) in [7, 11) is 0. The van der Waals surface area contributed by atoms with Crippen molar-refractivity contribution in [3.05, 3.63) is 70.0 Å². The molecule has 0 aromatic heterocycles. The van der Waals surface area contributed by atoms with Crippen molar-refractivity contribution in [2.45, 2.75) is 32.2 Å². The van der Waals surface area contributed by atoms with Gasteiger partial charge in [-0.05, 0) is 43.5 Å². The predicted octanol–water partition coefficient (Wildman–Crippen LogP) is 4.27. The zero-order valence-corrected chi connectivity index (χ0v) is 15.9. The van der Waals surface area contributed by atoms with Crippen LogP contribution in [0.2, 0.25) is 5.02 Å². The molecule has 1 atom stereocenters. The number of likely N-dealkylation sites (tertiary alicyclic amines) is 1. The average Bonchev–Trinajstić information content (AvgIpc) is 3.12. The summed E-state index contributed by atoms with van der Waals surface area (Å²) in [6, 6.07) is 12.0. The summed E-state index contributed by atoms with van der Waals surface area (Å²) in [4.78, 5) is 26.7. The van der Waals surface area contributed by atoms with Crippen molar-refractivity contribution in [2.75, 3.05) is 13.1 Å². The van der Waals surface area contributed by atoms with Gasteiger partial charge in [-0.2, -0.15) is 0 Å². The molecule has 1 heterocycles. The van der Waals surface area contributed by atoms with Gasteiger partial charge in [-0.3, -0.25) is 9.59 Å². The Balaban J connectivity index is 1.55. The van der Waals surface area contributed by atoms with Gasteiger partial charge >= 0.3 is 0 Å².